The molecule has 10 heteroatoms. The van der Waals surface area contributed by atoms with E-state index in [1.807, 2.05) is 12.1 Å². The fraction of sp³-hybridized carbons (Fsp3) is 0.208. The smallest absolute Gasteiger partial charge is 0.325 e. The summed E-state index contributed by atoms with van der Waals surface area (Å²) in [6.07, 6.45) is 0. The maximum absolute atomic E-state index is 13.1. The van der Waals surface area contributed by atoms with E-state index < -0.39 is 29.9 Å². The van der Waals surface area contributed by atoms with Crippen molar-refractivity contribution in [2.24, 2.45) is 0 Å². The SMILES string of the molecule is CC1(c2ccc3c(c2)OCO3)NC(=O)N(CC(=O)NCc2ccc(-c3ccc(Cl)cc3)o2)C1=O. The van der Waals surface area contributed by atoms with Gasteiger partial charge in [0.2, 0.25) is 12.7 Å². The fourth-order valence-electron chi connectivity index (χ4n) is 3.87. The topological polar surface area (TPSA) is 110 Å². The number of hydrogen-bond acceptors (Lipinski definition) is 6. The number of halogens is 1. The van der Waals surface area contributed by atoms with Gasteiger partial charge in [-0.1, -0.05) is 17.7 Å². The molecule has 1 unspecified atom stereocenters. The number of urea groups is 1. The second kappa shape index (κ2) is 8.42. The van der Waals surface area contributed by atoms with Crippen LogP contribution in [0.25, 0.3) is 11.3 Å². The molecular formula is C24H20ClN3O6. The molecule has 2 aliphatic heterocycles. The molecule has 1 saturated heterocycles. The van der Waals surface area contributed by atoms with Crippen LogP contribution in [0.15, 0.2) is 59.0 Å². The quantitative estimate of drug-likeness (QED) is 0.522. The van der Waals surface area contributed by atoms with Crippen molar-refractivity contribution in [3.8, 4) is 22.8 Å². The molecule has 34 heavy (non-hydrogen) atoms. The predicted octanol–water partition coefficient (Wildman–Crippen LogP) is 3.41. The minimum atomic E-state index is -1.33. The molecule has 1 atom stereocenters. The number of imide groups is 1. The number of rotatable bonds is 6. The highest BCUT2D eigenvalue weighted by molar-refractivity contribution is 6.30. The lowest BCUT2D eigenvalue weighted by atomic mass is 9.91. The molecule has 2 N–H and O–H groups in total. The van der Waals surface area contributed by atoms with Gasteiger partial charge < -0.3 is 24.5 Å². The Balaban J connectivity index is 1.22. The van der Waals surface area contributed by atoms with Crippen LogP contribution in [0.3, 0.4) is 0 Å². The Morgan fingerprint density at radius 2 is 1.85 bits per heavy atom. The van der Waals surface area contributed by atoms with Crippen LogP contribution in [0.4, 0.5) is 4.79 Å². The van der Waals surface area contributed by atoms with Crippen molar-refractivity contribution in [2.75, 3.05) is 13.3 Å². The molecule has 174 valence electrons. The van der Waals surface area contributed by atoms with Crippen molar-refractivity contribution in [3.05, 3.63) is 70.9 Å². The lowest BCUT2D eigenvalue weighted by Crippen LogP contribution is -2.43. The summed E-state index contributed by atoms with van der Waals surface area (Å²) >= 11 is 5.91. The van der Waals surface area contributed by atoms with E-state index in [0.29, 0.717) is 33.6 Å². The third-order valence-electron chi connectivity index (χ3n) is 5.78. The van der Waals surface area contributed by atoms with Crippen LogP contribution < -0.4 is 20.1 Å². The minimum absolute atomic E-state index is 0.0962. The Morgan fingerprint density at radius 3 is 2.65 bits per heavy atom. The van der Waals surface area contributed by atoms with Gasteiger partial charge in [0.1, 0.15) is 23.6 Å². The van der Waals surface area contributed by atoms with Crippen molar-refractivity contribution in [1.82, 2.24) is 15.5 Å². The summed E-state index contributed by atoms with van der Waals surface area (Å²) in [5.41, 5.74) is 0.0553. The zero-order valence-electron chi connectivity index (χ0n) is 18.1. The van der Waals surface area contributed by atoms with Crippen molar-refractivity contribution in [2.45, 2.75) is 19.0 Å². The Bertz CT molecular complexity index is 1290. The van der Waals surface area contributed by atoms with Crippen molar-refractivity contribution < 1.29 is 28.3 Å². The van der Waals surface area contributed by atoms with Crippen LogP contribution in [0.5, 0.6) is 11.5 Å². The first-order valence-corrected chi connectivity index (χ1v) is 10.9. The number of fused-ring (bicyclic) bond motifs is 1. The first-order chi connectivity index (χ1) is 16.3. The maximum Gasteiger partial charge on any atom is 0.325 e. The molecular weight excluding hydrogens is 462 g/mol. The second-order valence-corrected chi connectivity index (χ2v) is 8.50. The largest absolute Gasteiger partial charge is 0.459 e. The van der Waals surface area contributed by atoms with Gasteiger partial charge in [0.25, 0.3) is 5.91 Å². The summed E-state index contributed by atoms with van der Waals surface area (Å²) in [5, 5.41) is 5.98. The molecule has 2 aliphatic rings. The Morgan fingerprint density at radius 1 is 1.09 bits per heavy atom. The number of nitrogens with one attached hydrogen (secondary N) is 2. The zero-order chi connectivity index (χ0) is 23.9. The normalized spacial score (nSPS) is 18.8. The van der Waals surface area contributed by atoms with E-state index in [9.17, 15) is 14.4 Å². The van der Waals surface area contributed by atoms with E-state index in [1.54, 1.807) is 49.4 Å². The Labute approximate surface area is 199 Å². The predicted molar refractivity (Wildman–Crippen MR) is 121 cm³/mol. The average Bonchev–Trinajstić information content (AvgIpc) is 3.54. The van der Waals surface area contributed by atoms with Gasteiger partial charge in [0.05, 0.1) is 6.54 Å². The van der Waals surface area contributed by atoms with Crippen LogP contribution in [-0.2, 0) is 21.7 Å². The summed E-state index contributed by atoms with van der Waals surface area (Å²) < 4.78 is 16.4. The number of furan rings is 1. The third-order valence-corrected chi connectivity index (χ3v) is 6.03. The lowest BCUT2D eigenvalue weighted by Gasteiger charge is -2.22. The summed E-state index contributed by atoms with van der Waals surface area (Å²) in [6.45, 7) is 1.37. The zero-order valence-corrected chi connectivity index (χ0v) is 18.8. The molecule has 0 bridgehead atoms. The van der Waals surface area contributed by atoms with Crippen LogP contribution in [0.2, 0.25) is 5.02 Å². The van der Waals surface area contributed by atoms with Crippen LogP contribution >= 0.6 is 11.6 Å². The van der Waals surface area contributed by atoms with Gasteiger partial charge in [-0.15, -0.1) is 0 Å². The molecule has 0 spiro atoms. The standard InChI is InChI=1S/C24H20ClN3O6/c1-24(15-4-8-19-20(10-15)33-13-32-19)22(30)28(23(31)27-24)12-21(29)26-11-17-7-9-18(34-17)14-2-5-16(25)6-3-14/h2-10H,11-13H2,1H3,(H,26,29)(H,27,31). The molecule has 4 amide bonds. The van der Waals surface area contributed by atoms with Gasteiger partial charge in [-0.25, -0.2) is 4.79 Å². The number of ether oxygens (including phenoxy) is 2. The van der Waals surface area contributed by atoms with E-state index >= 15 is 0 Å². The average molecular weight is 482 g/mol. The third kappa shape index (κ3) is 3.94. The first kappa shape index (κ1) is 21.8. The Kier molecular flexibility index (Phi) is 5.41. The summed E-state index contributed by atoms with van der Waals surface area (Å²) in [4.78, 5) is 39.0. The van der Waals surface area contributed by atoms with Gasteiger partial charge in [-0.3, -0.25) is 14.5 Å². The number of benzene rings is 2. The molecule has 2 aromatic carbocycles. The van der Waals surface area contributed by atoms with Crippen LogP contribution in [0.1, 0.15) is 18.2 Å². The molecule has 1 aromatic heterocycles. The summed E-state index contributed by atoms with van der Waals surface area (Å²) in [5.74, 6) is 1.19. The molecule has 5 rings (SSSR count). The molecule has 0 radical (unpaired) electrons. The fourth-order valence-corrected chi connectivity index (χ4v) is 4.00. The van der Waals surface area contributed by atoms with Crippen LogP contribution in [-0.4, -0.2) is 36.1 Å². The van der Waals surface area contributed by atoms with Gasteiger partial charge in [-0.05, 0) is 61.0 Å². The van der Waals surface area contributed by atoms with E-state index in [-0.39, 0.29) is 13.3 Å². The van der Waals surface area contributed by atoms with E-state index in [4.69, 9.17) is 25.5 Å². The second-order valence-electron chi connectivity index (χ2n) is 8.06. The van der Waals surface area contributed by atoms with Crippen molar-refractivity contribution in [3.63, 3.8) is 0 Å². The van der Waals surface area contributed by atoms with Crippen LogP contribution in [0, 0.1) is 0 Å². The highest BCUT2D eigenvalue weighted by Gasteiger charge is 2.49. The monoisotopic (exact) mass is 481 g/mol. The number of carbonyl (C=O) groups excluding carboxylic acids is 3. The van der Waals surface area contributed by atoms with Gasteiger partial charge in [-0.2, -0.15) is 0 Å². The van der Waals surface area contributed by atoms with E-state index in [1.165, 1.54) is 0 Å². The van der Waals surface area contributed by atoms with Crippen molar-refractivity contribution in [1.29, 1.82) is 0 Å². The van der Waals surface area contributed by atoms with Crippen molar-refractivity contribution >= 4 is 29.4 Å². The highest BCUT2D eigenvalue weighted by atomic mass is 35.5. The molecule has 3 heterocycles. The molecule has 3 aromatic rings. The summed E-state index contributed by atoms with van der Waals surface area (Å²) in [6, 6.07) is 15.1. The Hall–Kier alpha value is -3.98. The first-order valence-electron chi connectivity index (χ1n) is 10.5. The van der Waals surface area contributed by atoms with Gasteiger partial charge in [0, 0.05) is 10.6 Å². The van der Waals surface area contributed by atoms with E-state index in [2.05, 4.69) is 10.6 Å². The number of hydrogen-bond donors (Lipinski definition) is 2. The number of carbonyl (C=O) groups is 3. The molecule has 0 saturated carbocycles. The maximum atomic E-state index is 13.1. The molecule has 0 aliphatic carbocycles. The number of nitrogens with zero attached hydrogens (tertiary/aromatic N) is 1. The molecule has 9 nitrogen and oxygen atoms in total. The molecule has 1 fully saturated rings. The number of amides is 4. The highest BCUT2D eigenvalue weighted by Crippen LogP contribution is 2.37. The van der Waals surface area contributed by atoms with Gasteiger partial charge in [0.15, 0.2) is 11.5 Å². The summed E-state index contributed by atoms with van der Waals surface area (Å²) in [7, 11) is 0. The lowest BCUT2D eigenvalue weighted by molar-refractivity contribution is -0.134. The van der Waals surface area contributed by atoms with Gasteiger partial charge >= 0.3 is 6.03 Å². The van der Waals surface area contributed by atoms with E-state index in [0.717, 1.165) is 10.5 Å². The minimum Gasteiger partial charge on any atom is -0.459 e.